The van der Waals surface area contributed by atoms with Crippen LogP contribution in [0.2, 0.25) is 0 Å². The Balaban J connectivity index is 2.15. The monoisotopic (exact) mass is 213 g/mol. The third-order valence-corrected chi connectivity index (χ3v) is 2.96. The van der Waals surface area contributed by atoms with Gasteiger partial charge in [-0.05, 0) is 30.4 Å². The molecule has 1 N–H and O–H groups in total. The first-order valence-electron chi connectivity index (χ1n) is 5.42. The quantitative estimate of drug-likeness (QED) is 0.570. The summed E-state index contributed by atoms with van der Waals surface area (Å²) >= 11 is 0. The fraction of sp³-hybridized carbons (Fsp3) is 0.231. The minimum atomic E-state index is -0.298. The van der Waals surface area contributed by atoms with Crippen LogP contribution in [-0.4, -0.2) is 11.8 Å². The topological polar surface area (TPSA) is 46.2 Å². The Hall–Kier alpha value is -1.90. The number of hydrogen-bond donors (Lipinski definition) is 1. The lowest BCUT2D eigenvalue weighted by Gasteiger charge is -2.17. The number of imide groups is 1. The molecular weight excluding hydrogens is 202 g/mol. The summed E-state index contributed by atoms with van der Waals surface area (Å²) in [5.74, 6) is -0.0499. The van der Waals surface area contributed by atoms with E-state index in [1.807, 2.05) is 24.3 Å². The van der Waals surface area contributed by atoms with Crippen LogP contribution in [0, 0.1) is 5.92 Å². The van der Waals surface area contributed by atoms with Crippen LogP contribution >= 0.6 is 0 Å². The third kappa shape index (κ3) is 1.45. The zero-order valence-corrected chi connectivity index (χ0v) is 8.69. The van der Waals surface area contributed by atoms with Crippen molar-refractivity contribution in [3.8, 4) is 0 Å². The van der Waals surface area contributed by atoms with Crippen molar-refractivity contribution in [3.05, 3.63) is 41.5 Å². The van der Waals surface area contributed by atoms with Crippen molar-refractivity contribution in [1.82, 2.24) is 5.32 Å². The maximum atomic E-state index is 11.7. The molecule has 1 aromatic carbocycles. The summed E-state index contributed by atoms with van der Waals surface area (Å²) in [4.78, 5) is 23.3. The first-order chi connectivity index (χ1) is 7.75. The highest BCUT2D eigenvalue weighted by atomic mass is 16.2. The van der Waals surface area contributed by atoms with E-state index in [9.17, 15) is 9.59 Å². The Labute approximate surface area is 93.2 Å². The molecule has 0 bridgehead atoms. The fourth-order valence-electron chi connectivity index (χ4n) is 1.94. The lowest BCUT2D eigenvalue weighted by molar-refractivity contribution is -0.114. The molecule has 2 aliphatic rings. The Morgan fingerprint density at radius 2 is 1.75 bits per heavy atom. The van der Waals surface area contributed by atoms with Gasteiger partial charge in [-0.2, -0.15) is 0 Å². The van der Waals surface area contributed by atoms with Crippen molar-refractivity contribution < 1.29 is 9.59 Å². The maximum absolute atomic E-state index is 11.7. The van der Waals surface area contributed by atoms with Crippen LogP contribution in [0.4, 0.5) is 0 Å². The molecule has 16 heavy (non-hydrogen) atoms. The van der Waals surface area contributed by atoms with Gasteiger partial charge in [-0.1, -0.05) is 24.3 Å². The van der Waals surface area contributed by atoms with Crippen LogP contribution in [0.1, 0.15) is 28.8 Å². The SMILES string of the molecule is O=C1NC(=O)c2ccccc2C1=CC1CC1. The van der Waals surface area contributed by atoms with Crippen molar-refractivity contribution >= 4 is 17.4 Å². The summed E-state index contributed by atoms with van der Waals surface area (Å²) < 4.78 is 0. The van der Waals surface area contributed by atoms with E-state index in [1.54, 1.807) is 6.07 Å². The van der Waals surface area contributed by atoms with E-state index in [1.165, 1.54) is 0 Å². The number of hydrogen-bond acceptors (Lipinski definition) is 2. The molecule has 1 fully saturated rings. The predicted octanol–water partition coefficient (Wildman–Crippen LogP) is 1.75. The van der Waals surface area contributed by atoms with E-state index in [0.717, 1.165) is 18.4 Å². The summed E-state index contributed by atoms with van der Waals surface area (Å²) in [5, 5.41) is 2.37. The molecule has 3 nitrogen and oxygen atoms in total. The van der Waals surface area contributed by atoms with Crippen molar-refractivity contribution in [1.29, 1.82) is 0 Å². The number of benzene rings is 1. The van der Waals surface area contributed by atoms with Crippen molar-refractivity contribution in [3.63, 3.8) is 0 Å². The molecule has 1 heterocycles. The van der Waals surface area contributed by atoms with Crippen LogP contribution < -0.4 is 5.32 Å². The average Bonchev–Trinajstić information content (AvgIpc) is 3.08. The summed E-state index contributed by atoms with van der Waals surface area (Å²) in [6, 6.07) is 7.24. The molecule has 0 saturated heterocycles. The van der Waals surface area contributed by atoms with Crippen molar-refractivity contribution in [2.24, 2.45) is 5.92 Å². The van der Waals surface area contributed by atoms with E-state index in [0.29, 0.717) is 17.1 Å². The van der Waals surface area contributed by atoms with Crippen molar-refractivity contribution in [2.45, 2.75) is 12.8 Å². The third-order valence-electron chi connectivity index (χ3n) is 2.96. The second-order valence-electron chi connectivity index (χ2n) is 4.25. The van der Waals surface area contributed by atoms with Gasteiger partial charge in [0.15, 0.2) is 0 Å². The van der Waals surface area contributed by atoms with Crippen LogP contribution in [0.3, 0.4) is 0 Å². The molecule has 1 saturated carbocycles. The van der Waals surface area contributed by atoms with Gasteiger partial charge in [-0.15, -0.1) is 0 Å². The number of allylic oxidation sites excluding steroid dienone is 1. The highest BCUT2D eigenvalue weighted by Crippen LogP contribution is 2.35. The lowest BCUT2D eigenvalue weighted by Crippen LogP contribution is -2.36. The molecule has 3 heteroatoms. The van der Waals surface area contributed by atoms with E-state index in [2.05, 4.69) is 5.32 Å². The van der Waals surface area contributed by atoms with Gasteiger partial charge in [-0.25, -0.2) is 0 Å². The van der Waals surface area contributed by atoms with Gasteiger partial charge in [0.05, 0.1) is 0 Å². The van der Waals surface area contributed by atoms with Gasteiger partial charge in [0.2, 0.25) is 0 Å². The smallest absolute Gasteiger partial charge is 0.258 e. The van der Waals surface area contributed by atoms with Gasteiger partial charge in [0.25, 0.3) is 11.8 Å². The number of carbonyl (C=O) groups is 2. The summed E-state index contributed by atoms with van der Waals surface area (Å²) in [5.41, 5.74) is 2.01. The standard InChI is InChI=1S/C13H11NO2/c15-12-10-4-2-1-3-9(10)11(13(16)14-12)7-8-5-6-8/h1-4,7-8H,5-6H2,(H,14,15,16). The molecule has 1 aliphatic carbocycles. The highest BCUT2D eigenvalue weighted by Gasteiger charge is 2.29. The molecule has 80 valence electrons. The minimum Gasteiger partial charge on any atom is -0.288 e. The van der Waals surface area contributed by atoms with Gasteiger partial charge in [-0.3, -0.25) is 14.9 Å². The number of nitrogens with one attached hydrogen (secondary N) is 1. The maximum Gasteiger partial charge on any atom is 0.258 e. The first kappa shape index (κ1) is 9.33. The van der Waals surface area contributed by atoms with E-state index >= 15 is 0 Å². The zero-order chi connectivity index (χ0) is 11.1. The van der Waals surface area contributed by atoms with Gasteiger partial charge >= 0.3 is 0 Å². The Morgan fingerprint density at radius 1 is 1.06 bits per heavy atom. The summed E-state index contributed by atoms with van der Waals surface area (Å²) in [7, 11) is 0. The van der Waals surface area contributed by atoms with E-state index in [-0.39, 0.29) is 11.8 Å². The Morgan fingerprint density at radius 3 is 2.44 bits per heavy atom. The van der Waals surface area contributed by atoms with Crippen LogP contribution in [0.5, 0.6) is 0 Å². The average molecular weight is 213 g/mol. The van der Waals surface area contributed by atoms with Gasteiger partial charge in [0, 0.05) is 11.1 Å². The number of carbonyl (C=O) groups excluding carboxylic acids is 2. The number of amides is 2. The Kier molecular flexibility index (Phi) is 1.93. The van der Waals surface area contributed by atoms with E-state index < -0.39 is 0 Å². The number of rotatable bonds is 1. The van der Waals surface area contributed by atoms with Gasteiger partial charge in [0.1, 0.15) is 0 Å². The number of fused-ring (bicyclic) bond motifs is 1. The summed E-state index contributed by atoms with van der Waals surface area (Å²) in [6.07, 6.45) is 4.28. The molecule has 1 aromatic rings. The second-order valence-corrected chi connectivity index (χ2v) is 4.25. The predicted molar refractivity (Wildman–Crippen MR) is 59.6 cm³/mol. The van der Waals surface area contributed by atoms with Crippen molar-refractivity contribution in [2.75, 3.05) is 0 Å². The largest absolute Gasteiger partial charge is 0.288 e. The molecule has 2 amide bonds. The first-order valence-corrected chi connectivity index (χ1v) is 5.42. The normalized spacial score (nSPS) is 21.9. The van der Waals surface area contributed by atoms with Crippen LogP contribution in [-0.2, 0) is 4.79 Å². The van der Waals surface area contributed by atoms with Crippen LogP contribution in [0.15, 0.2) is 30.3 Å². The van der Waals surface area contributed by atoms with E-state index in [4.69, 9.17) is 0 Å². The molecule has 3 rings (SSSR count). The molecule has 0 unspecified atom stereocenters. The molecule has 0 aromatic heterocycles. The van der Waals surface area contributed by atoms with Crippen LogP contribution in [0.25, 0.3) is 5.57 Å². The molecule has 1 aliphatic heterocycles. The zero-order valence-electron chi connectivity index (χ0n) is 8.69. The molecule has 0 atom stereocenters. The molecule has 0 radical (unpaired) electrons. The molecule has 0 spiro atoms. The molecular formula is C13H11NO2. The fourth-order valence-corrected chi connectivity index (χ4v) is 1.94. The lowest BCUT2D eigenvalue weighted by atomic mass is 9.94. The minimum absolute atomic E-state index is 0.268. The second kappa shape index (κ2) is 3.30. The van der Waals surface area contributed by atoms with Gasteiger partial charge < -0.3 is 0 Å². The highest BCUT2D eigenvalue weighted by molar-refractivity contribution is 6.31. The summed E-state index contributed by atoms with van der Waals surface area (Å²) in [6.45, 7) is 0. The Bertz CT molecular complexity index is 512.